The van der Waals surface area contributed by atoms with Crippen molar-refractivity contribution in [1.82, 2.24) is 15.3 Å². The highest BCUT2D eigenvalue weighted by Gasteiger charge is 2.13. The summed E-state index contributed by atoms with van der Waals surface area (Å²) < 4.78 is 0. The van der Waals surface area contributed by atoms with Gasteiger partial charge in [-0.3, -0.25) is 0 Å². The van der Waals surface area contributed by atoms with Crippen LogP contribution >= 0.6 is 0 Å². The molecule has 0 spiro atoms. The fourth-order valence-corrected chi connectivity index (χ4v) is 1.72. The number of rotatable bonds is 1. The Morgan fingerprint density at radius 1 is 1.33 bits per heavy atom. The Hall–Kier alpha value is -2.04. The molecule has 0 radical (unpaired) electrons. The van der Waals surface area contributed by atoms with Crippen LogP contribution in [0.5, 0.6) is 0 Å². The summed E-state index contributed by atoms with van der Waals surface area (Å²) in [5.41, 5.74) is 2.31. The number of imidazole rings is 1. The molecule has 0 unspecified atom stereocenters. The Morgan fingerprint density at radius 2 is 2.06 bits per heavy atom. The van der Waals surface area contributed by atoms with E-state index in [-0.39, 0.29) is 11.6 Å². The number of hydrogen-bond acceptors (Lipinski definition) is 2. The molecule has 0 aliphatic rings. The van der Waals surface area contributed by atoms with Crippen molar-refractivity contribution in [2.45, 2.75) is 33.2 Å². The molecule has 3 N–H and O–H groups in total. The molecule has 1 heterocycles. The van der Waals surface area contributed by atoms with Gasteiger partial charge >= 0.3 is 6.03 Å². The Labute approximate surface area is 106 Å². The number of benzene rings is 1. The van der Waals surface area contributed by atoms with Gasteiger partial charge in [0.1, 0.15) is 5.82 Å². The number of nitrogens with one attached hydrogen (secondary N) is 3. The lowest BCUT2D eigenvalue weighted by Gasteiger charge is -2.20. The highest BCUT2D eigenvalue weighted by Crippen LogP contribution is 2.17. The molecule has 0 fully saturated rings. The van der Waals surface area contributed by atoms with Crippen LogP contribution in [0.3, 0.4) is 0 Å². The van der Waals surface area contributed by atoms with Gasteiger partial charge < -0.3 is 15.6 Å². The summed E-state index contributed by atoms with van der Waals surface area (Å²) in [5, 5.41) is 5.65. The van der Waals surface area contributed by atoms with E-state index in [0.29, 0.717) is 0 Å². The number of urea groups is 1. The van der Waals surface area contributed by atoms with Gasteiger partial charge in [-0.2, -0.15) is 0 Å². The topological polar surface area (TPSA) is 69.8 Å². The normalized spacial score (nSPS) is 11.6. The summed E-state index contributed by atoms with van der Waals surface area (Å²) in [7, 11) is 0. The summed E-state index contributed by atoms with van der Waals surface area (Å²) in [4.78, 5) is 19.2. The third-order valence-corrected chi connectivity index (χ3v) is 2.35. The number of carbonyl (C=O) groups is 1. The molecule has 1 aromatic carbocycles. The molecule has 5 heteroatoms. The van der Waals surface area contributed by atoms with E-state index in [1.807, 2.05) is 45.9 Å². The highest BCUT2D eigenvalue weighted by molar-refractivity contribution is 5.92. The van der Waals surface area contributed by atoms with E-state index in [0.717, 1.165) is 22.5 Å². The maximum Gasteiger partial charge on any atom is 0.319 e. The van der Waals surface area contributed by atoms with E-state index in [1.54, 1.807) is 0 Å². The maximum absolute atomic E-state index is 11.7. The zero-order valence-corrected chi connectivity index (χ0v) is 11.1. The molecule has 2 aromatic rings. The minimum Gasteiger partial charge on any atom is -0.342 e. The van der Waals surface area contributed by atoms with Crippen LogP contribution < -0.4 is 10.6 Å². The van der Waals surface area contributed by atoms with Crippen LogP contribution in [-0.2, 0) is 0 Å². The molecule has 1 aromatic heterocycles. The molecule has 0 saturated carbocycles. The maximum atomic E-state index is 11.7. The van der Waals surface area contributed by atoms with Crippen LogP contribution in [0.2, 0.25) is 0 Å². The van der Waals surface area contributed by atoms with E-state index < -0.39 is 0 Å². The molecule has 0 atom stereocenters. The molecule has 2 rings (SSSR count). The molecule has 0 bridgehead atoms. The number of fused-ring (bicyclic) bond motifs is 1. The SMILES string of the molecule is Cc1nc2ccc(NC(=O)NC(C)(C)C)cc2[nH]1. The quantitative estimate of drug-likeness (QED) is 0.724. The van der Waals surface area contributed by atoms with Crippen LogP contribution in [0.15, 0.2) is 18.2 Å². The molecule has 96 valence electrons. The van der Waals surface area contributed by atoms with Gasteiger partial charge in [0, 0.05) is 11.2 Å². The first-order valence-corrected chi connectivity index (χ1v) is 5.89. The van der Waals surface area contributed by atoms with Crippen molar-refractivity contribution in [3.63, 3.8) is 0 Å². The van der Waals surface area contributed by atoms with Crippen LogP contribution in [0.4, 0.5) is 10.5 Å². The summed E-state index contributed by atoms with van der Waals surface area (Å²) in [6, 6.07) is 5.38. The number of H-pyrrole nitrogens is 1. The molecule has 0 aliphatic carbocycles. The van der Waals surface area contributed by atoms with E-state index in [1.165, 1.54) is 0 Å². The van der Waals surface area contributed by atoms with Crippen molar-refractivity contribution in [1.29, 1.82) is 0 Å². The smallest absolute Gasteiger partial charge is 0.319 e. The number of carbonyl (C=O) groups excluding carboxylic acids is 1. The first-order valence-electron chi connectivity index (χ1n) is 5.89. The van der Waals surface area contributed by atoms with Crippen molar-refractivity contribution in [2.24, 2.45) is 0 Å². The highest BCUT2D eigenvalue weighted by atomic mass is 16.2. The number of nitrogens with zero attached hydrogens (tertiary/aromatic N) is 1. The molecule has 2 amide bonds. The number of hydrogen-bond donors (Lipinski definition) is 3. The average molecular weight is 246 g/mol. The van der Waals surface area contributed by atoms with Crippen LogP contribution in [0.25, 0.3) is 11.0 Å². The second-order valence-corrected chi connectivity index (χ2v) is 5.38. The largest absolute Gasteiger partial charge is 0.342 e. The first kappa shape index (κ1) is 12.4. The van der Waals surface area contributed by atoms with Crippen molar-refractivity contribution in [2.75, 3.05) is 5.32 Å². The van der Waals surface area contributed by atoms with Gasteiger partial charge in [0.25, 0.3) is 0 Å². The summed E-state index contributed by atoms with van der Waals surface area (Å²) in [6.07, 6.45) is 0. The van der Waals surface area contributed by atoms with Crippen LogP contribution in [0, 0.1) is 6.92 Å². The lowest BCUT2D eigenvalue weighted by Crippen LogP contribution is -2.43. The lowest BCUT2D eigenvalue weighted by molar-refractivity contribution is 0.244. The third-order valence-electron chi connectivity index (χ3n) is 2.35. The third kappa shape index (κ3) is 3.00. The Balaban J connectivity index is 2.14. The minimum atomic E-state index is -0.251. The lowest BCUT2D eigenvalue weighted by atomic mass is 10.1. The van der Waals surface area contributed by atoms with Gasteiger partial charge in [-0.25, -0.2) is 9.78 Å². The zero-order valence-electron chi connectivity index (χ0n) is 11.1. The van der Waals surface area contributed by atoms with Crippen molar-refractivity contribution in [3.8, 4) is 0 Å². The fourth-order valence-electron chi connectivity index (χ4n) is 1.72. The van der Waals surface area contributed by atoms with Gasteiger partial charge in [0.2, 0.25) is 0 Å². The van der Waals surface area contributed by atoms with Gasteiger partial charge in [-0.05, 0) is 45.9 Å². The van der Waals surface area contributed by atoms with Crippen molar-refractivity contribution < 1.29 is 4.79 Å². The number of aromatic nitrogens is 2. The number of anilines is 1. The van der Waals surface area contributed by atoms with E-state index in [2.05, 4.69) is 20.6 Å². The van der Waals surface area contributed by atoms with Crippen LogP contribution in [-0.4, -0.2) is 21.5 Å². The number of aromatic amines is 1. The summed E-state index contributed by atoms with van der Waals surface area (Å²) >= 11 is 0. The van der Waals surface area contributed by atoms with E-state index >= 15 is 0 Å². The standard InChI is InChI=1S/C13H18N4O/c1-8-14-10-6-5-9(7-11(10)15-8)16-12(18)17-13(2,3)4/h5-7H,1-4H3,(H,14,15)(H2,16,17,18). The minimum absolute atomic E-state index is 0.210. The van der Waals surface area contributed by atoms with Gasteiger partial charge in [-0.15, -0.1) is 0 Å². The molecule has 5 nitrogen and oxygen atoms in total. The predicted octanol–water partition coefficient (Wildman–Crippen LogP) is 2.79. The first-order chi connectivity index (χ1) is 8.33. The zero-order chi connectivity index (χ0) is 13.3. The molecular weight excluding hydrogens is 228 g/mol. The molecular formula is C13H18N4O. The van der Waals surface area contributed by atoms with E-state index in [9.17, 15) is 4.79 Å². The molecule has 0 aliphatic heterocycles. The van der Waals surface area contributed by atoms with Gasteiger partial charge in [-0.1, -0.05) is 0 Å². The number of aryl methyl sites for hydroxylation is 1. The average Bonchev–Trinajstić information content (AvgIpc) is 2.53. The second kappa shape index (κ2) is 4.33. The fraction of sp³-hybridized carbons (Fsp3) is 0.385. The molecule has 18 heavy (non-hydrogen) atoms. The second-order valence-electron chi connectivity index (χ2n) is 5.38. The van der Waals surface area contributed by atoms with Gasteiger partial charge in [0.15, 0.2) is 0 Å². The molecule has 0 saturated heterocycles. The van der Waals surface area contributed by atoms with Crippen molar-refractivity contribution >= 4 is 22.8 Å². The van der Waals surface area contributed by atoms with Crippen LogP contribution in [0.1, 0.15) is 26.6 Å². The monoisotopic (exact) mass is 246 g/mol. The van der Waals surface area contributed by atoms with E-state index in [4.69, 9.17) is 0 Å². The summed E-state index contributed by atoms with van der Waals surface area (Å²) in [5.74, 6) is 0.862. The Kier molecular flexibility index (Phi) is 2.98. The van der Waals surface area contributed by atoms with Crippen molar-refractivity contribution in [3.05, 3.63) is 24.0 Å². The van der Waals surface area contributed by atoms with Gasteiger partial charge in [0.05, 0.1) is 11.0 Å². The number of amides is 2. The Morgan fingerprint density at radius 3 is 2.72 bits per heavy atom. The summed E-state index contributed by atoms with van der Waals surface area (Å²) in [6.45, 7) is 7.72. The predicted molar refractivity (Wildman–Crippen MR) is 72.7 cm³/mol. The Bertz CT molecular complexity index is 580.